The first-order valence-electron chi connectivity index (χ1n) is 5.71. The van der Waals surface area contributed by atoms with E-state index < -0.39 is 23.4 Å². The monoisotopic (exact) mass is 287 g/mol. The summed E-state index contributed by atoms with van der Waals surface area (Å²) in [5.74, 6) is -1.94. The maximum absolute atomic E-state index is 12.9. The summed E-state index contributed by atoms with van der Waals surface area (Å²) in [6, 6.07) is 7.92. The van der Waals surface area contributed by atoms with Crippen molar-refractivity contribution in [2.45, 2.75) is 12.7 Å². The first kappa shape index (κ1) is 14.3. The minimum atomic E-state index is -4.37. The van der Waals surface area contributed by atoms with E-state index in [4.69, 9.17) is 0 Å². The molecule has 0 aromatic heterocycles. The molecule has 6 heteroatoms. The molecule has 0 aliphatic rings. The minimum absolute atomic E-state index is 0.212. The summed E-state index contributed by atoms with van der Waals surface area (Å²) in [6.45, 7) is 0.212. The van der Waals surface area contributed by atoms with Gasteiger partial charge in [-0.15, -0.1) is 0 Å². The summed E-state index contributed by atoms with van der Waals surface area (Å²) in [7, 11) is 0. The second kappa shape index (κ2) is 5.48. The zero-order valence-electron chi connectivity index (χ0n) is 10.1. The molecule has 1 nitrogen and oxygen atoms in total. The van der Waals surface area contributed by atoms with Crippen LogP contribution in [-0.2, 0) is 12.7 Å². The van der Waals surface area contributed by atoms with Gasteiger partial charge in [-0.05, 0) is 29.8 Å². The van der Waals surface area contributed by atoms with Crippen LogP contribution in [0.25, 0.3) is 0 Å². The average molecular weight is 287 g/mol. The summed E-state index contributed by atoms with van der Waals surface area (Å²) in [4.78, 5) is 0. The lowest BCUT2D eigenvalue weighted by atomic mass is 10.1. The molecule has 0 heterocycles. The predicted molar refractivity (Wildman–Crippen MR) is 65.1 cm³/mol. The van der Waals surface area contributed by atoms with Crippen LogP contribution in [0, 0.1) is 11.6 Å². The average Bonchev–Trinajstić information content (AvgIpc) is 2.40. The van der Waals surface area contributed by atoms with E-state index in [2.05, 4.69) is 5.32 Å². The number of rotatable bonds is 3. The van der Waals surface area contributed by atoms with Crippen LogP contribution in [0.3, 0.4) is 0 Å². The van der Waals surface area contributed by atoms with E-state index >= 15 is 0 Å². The number of hydrogen-bond acceptors (Lipinski definition) is 1. The maximum Gasteiger partial charge on any atom is 0.416 e. The molecule has 0 aliphatic heterocycles. The van der Waals surface area contributed by atoms with E-state index in [0.717, 1.165) is 24.3 Å². The van der Waals surface area contributed by atoms with Crippen LogP contribution in [0.2, 0.25) is 0 Å². The van der Waals surface area contributed by atoms with Crippen LogP contribution in [-0.4, -0.2) is 0 Å². The first-order valence-corrected chi connectivity index (χ1v) is 5.71. The van der Waals surface area contributed by atoms with Crippen molar-refractivity contribution in [3.63, 3.8) is 0 Å². The zero-order chi connectivity index (χ0) is 14.8. The van der Waals surface area contributed by atoms with Gasteiger partial charge in [-0.25, -0.2) is 8.78 Å². The van der Waals surface area contributed by atoms with Crippen LogP contribution in [0.5, 0.6) is 0 Å². The van der Waals surface area contributed by atoms with Gasteiger partial charge in [-0.2, -0.15) is 13.2 Å². The SMILES string of the molecule is Fc1ccc(NCc2ccc(C(F)(F)F)cc2)cc1F. The van der Waals surface area contributed by atoms with Gasteiger partial charge in [0.2, 0.25) is 0 Å². The Balaban J connectivity index is 2.02. The third kappa shape index (κ3) is 3.46. The summed E-state index contributed by atoms with van der Waals surface area (Å²) in [5, 5.41) is 2.80. The van der Waals surface area contributed by atoms with E-state index in [9.17, 15) is 22.0 Å². The minimum Gasteiger partial charge on any atom is -0.381 e. The molecule has 0 radical (unpaired) electrons. The number of halogens is 5. The highest BCUT2D eigenvalue weighted by Crippen LogP contribution is 2.29. The Morgan fingerprint density at radius 1 is 0.850 bits per heavy atom. The lowest BCUT2D eigenvalue weighted by Gasteiger charge is -2.09. The number of anilines is 1. The molecular weight excluding hydrogens is 277 g/mol. The van der Waals surface area contributed by atoms with Gasteiger partial charge in [0.1, 0.15) is 0 Å². The molecule has 2 aromatic rings. The Bertz CT molecular complexity index is 590. The molecular formula is C14H10F5N. The fourth-order valence-electron chi connectivity index (χ4n) is 1.62. The zero-order valence-corrected chi connectivity index (χ0v) is 10.1. The van der Waals surface area contributed by atoms with Gasteiger partial charge in [0.15, 0.2) is 11.6 Å². The van der Waals surface area contributed by atoms with Crippen LogP contribution in [0.15, 0.2) is 42.5 Å². The van der Waals surface area contributed by atoms with Crippen LogP contribution in [0.4, 0.5) is 27.6 Å². The summed E-state index contributed by atoms with van der Waals surface area (Å²) in [6.07, 6.45) is -4.37. The molecule has 0 aliphatic carbocycles. The molecule has 0 saturated heterocycles. The van der Waals surface area contributed by atoms with Gasteiger partial charge < -0.3 is 5.32 Å². The van der Waals surface area contributed by atoms with Crippen molar-refractivity contribution in [3.05, 3.63) is 65.2 Å². The normalized spacial score (nSPS) is 11.4. The smallest absolute Gasteiger partial charge is 0.381 e. The highest BCUT2D eigenvalue weighted by atomic mass is 19.4. The lowest BCUT2D eigenvalue weighted by molar-refractivity contribution is -0.137. The quantitative estimate of drug-likeness (QED) is 0.814. The van der Waals surface area contributed by atoms with E-state index in [1.165, 1.54) is 18.2 Å². The van der Waals surface area contributed by atoms with Crippen molar-refractivity contribution in [2.24, 2.45) is 0 Å². The van der Waals surface area contributed by atoms with Crippen molar-refractivity contribution >= 4 is 5.69 Å². The van der Waals surface area contributed by atoms with Gasteiger partial charge in [0.05, 0.1) is 5.56 Å². The largest absolute Gasteiger partial charge is 0.416 e. The topological polar surface area (TPSA) is 12.0 Å². The number of nitrogens with one attached hydrogen (secondary N) is 1. The molecule has 0 saturated carbocycles. The van der Waals surface area contributed by atoms with Crippen molar-refractivity contribution in [1.82, 2.24) is 0 Å². The molecule has 0 bridgehead atoms. The predicted octanol–water partition coefficient (Wildman–Crippen LogP) is 4.60. The summed E-state index contributed by atoms with van der Waals surface area (Å²) in [5.41, 5.74) is 0.223. The summed E-state index contributed by atoms with van der Waals surface area (Å²) < 4.78 is 62.7. The fourth-order valence-corrected chi connectivity index (χ4v) is 1.62. The number of alkyl halides is 3. The third-order valence-corrected chi connectivity index (χ3v) is 2.70. The Morgan fingerprint density at radius 2 is 1.50 bits per heavy atom. The molecule has 106 valence electrons. The second-order valence-electron chi connectivity index (χ2n) is 4.18. The molecule has 1 N–H and O–H groups in total. The molecule has 0 atom stereocenters. The lowest BCUT2D eigenvalue weighted by Crippen LogP contribution is -2.05. The van der Waals surface area contributed by atoms with Crippen molar-refractivity contribution in [3.8, 4) is 0 Å². The highest BCUT2D eigenvalue weighted by molar-refractivity contribution is 5.44. The molecule has 0 fully saturated rings. The van der Waals surface area contributed by atoms with Crippen molar-refractivity contribution < 1.29 is 22.0 Å². The second-order valence-corrected chi connectivity index (χ2v) is 4.18. The maximum atomic E-state index is 12.9. The molecule has 0 spiro atoms. The number of hydrogen-bond donors (Lipinski definition) is 1. The standard InChI is InChI=1S/C14H10F5N/c15-12-6-5-11(7-13(12)16)20-8-9-1-3-10(4-2-9)14(17,18)19/h1-7,20H,8H2. The van der Waals surface area contributed by atoms with Crippen molar-refractivity contribution in [1.29, 1.82) is 0 Å². The Labute approximate surface area is 112 Å². The van der Waals surface area contributed by atoms with Gasteiger partial charge in [0.25, 0.3) is 0 Å². The van der Waals surface area contributed by atoms with E-state index in [-0.39, 0.29) is 6.54 Å². The third-order valence-electron chi connectivity index (χ3n) is 2.70. The molecule has 2 aromatic carbocycles. The summed E-state index contributed by atoms with van der Waals surface area (Å²) >= 11 is 0. The van der Waals surface area contributed by atoms with Crippen LogP contribution in [0.1, 0.15) is 11.1 Å². The van der Waals surface area contributed by atoms with Gasteiger partial charge in [-0.1, -0.05) is 12.1 Å². The van der Waals surface area contributed by atoms with Crippen molar-refractivity contribution in [2.75, 3.05) is 5.32 Å². The fraction of sp³-hybridized carbons (Fsp3) is 0.143. The Hall–Kier alpha value is -2.11. The van der Waals surface area contributed by atoms with Gasteiger partial charge >= 0.3 is 6.18 Å². The van der Waals surface area contributed by atoms with E-state index in [0.29, 0.717) is 11.3 Å². The van der Waals surface area contributed by atoms with Crippen LogP contribution < -0.4 is 5.32 Å². The van der Waals surface area contributed by atoms with E-state index in [1.54, 1.807) is 0 Å². The molecule has 0 unspecified atom stereocenters. The molecule has 2 rings (SSSR count). The number of benzene rings is 2. The highest BCUT2D eigenvalue weighted by Gasteiger charge is 2.29. The Morgan fingerprint density at radius 3 is 2.05 bits per heavy atom. The van der Waals surface area contributed by atoms with E-state index in [1.807, 2.05) is 0 Å². The first-order chi connectivity index (χ1) is 9.36. The Kier molecular flexibility index (Phi) is 3.92. The molecule has 0 amide bonds. The van der Waals surface area contributed by atoms with Crippen LogP contribution >= 0.6 is 0 Å². The van der Waals surface area contributed by atoms with Gasteiger partial charge in [0, 0.05) is 18.3 Å². The van der Waals surface area contributed by atoms with Gasteiger partial charge in [-0.3, -0.25) is 0 Å². The molecule has 20 heavy (non-hydrogen) atoms.